The van der Waals surface area contributed by atoms with Gasteiger partial charge in [0.2, 0.25) is 0 Å². The average Bonchev–Trinajstić information content (AvgIpc) is 2.38. The first-order valence-corrected chi connectivity index (χ1v) is 6.39. The van der Waals surface area contributed by atoms with Crippen LogP contribution in [0, 0.1) is 13.8 Å². The third-order valence-corrected chi connectivity index (χ3v) is 2.97. The Morgan fingerprint density at radius 1 is 1.14 bits per heavy atom. The summed E-state index contributed by atoms with van der Waals surface area (Å²) in [4.78, 5) is 33.3. The van der Waals surface area contributed by atoms with Crippen molar-refractivity contribution >= 4 is 23.7 Å². The molecule has 0 aliphatic carbocycles. The molecule has 0 aromatic heterocycles. The number of para-hydroxylation sites is 1. The van der Waals surface area contributed by atoms with Gasteiger partial charge in [0.15, 0.2) is 0 Å². The Kier molecular flexibility index (Phi) is 5.71. The minimum absolute atomic E-state index is 0.176. The number of carboxylic acid groups (broad SMARTS) is 2. The molecule has 7 nitrogen and oxygen atoms in total. The van der Waals surface area contributed by atoms with Crippen LogP contribution in [-0.4, -0.2) is 34.2 Å². The zero-order valence-corrected chi connectivity index (χ0v) is 11.8. The van der Waals surface area contributed by atoms with Gasteiger partial charge in [0.25, 0.3) is 0 Å². The quantitative estimate of drug-likeness (QED) is 0.638. The number of carbonyl (C=O) groups excluding carboxylic acids is 1. The lowest BCUT2D eigenvalue weighted by molar-refractivity contribution is -0.140. The van der Waals surface area contributed by atoms with Crippen LogP contribution in [0.2, 0.25) is 0 Å². The molecule has 0 radical (unpaired) electrons. The minimum atomic E-state index is -1.27. The van der Waals surface area contributed by atoms with Crippen LogP contribution in [0.25, 0.3) is 0 Å². The molecule has 114 valence electrons. The maximum absolute atomic E-state index is 11.8. The highest BCUT2D eigenvalue weighted by atomic mass is 16.4. The maximum atomic E-state index is 11.8. The number of aryl methyl sites for hydroxylation is 2. The van der Waals surface area contributed by atoms with Crippen LogP contribution in [-0.2, 0) is 9.59 Å². The monoisotopic (exact) mass is 294 g/mol. The maximum Gasteiger partial charge on any atom is 0.326 e. The van der Waals surface area contributed by atoms with Crippen LogP contribution < -0.4 is 10.6 Å². The molecule has 21 heavy (non-hydrogen) atoms. The highest BCUT2D eigenvalue weighted by Gasteiger charge is 2.21. The molecule has 7 heteroatoms. The fourth-order valence-corrected chi connectivity index (χ4v) is 1.84. The topological polar surface area (TPSA) is 116 Å². The Hall–Kier alpha value is -2.57. The van der Waals surface area contributed by atoms with Crippen molar-refractivity contribution in [1.29, 1.82) is 0 Å². The normalized spacial score (nSPS) is 11.5. The van der Waals surface area contributed by atoms with Gasteiger partial charge in [0.05, 0.1) is 0 Å². The van der Waals surface area contributed by atoms with Crippen LogP contribution in [0.4, 0.5) is 10.5 Å². The van der Waals surface area contributed by atoms with Crippen molar-refractivity contribution < 1.29 is 24.6 Å². The summed E-state index contributed by atoms with van der Waals surface area (Å²) < 4.78 is 0. The number of amides is 2. The van der Waals surface area contributed by atoms with Crippen LogP contribution >= 0.6 is 0 Å². The van der Waals surface area contributed by atoms with Gasteiger partial charge in [0, 0.05) is 12.1 Å². The van der Waals surface area contributed by atoms with Gasteiger partial charge in [-0.15, -0.1) is 0 Å². The van der Waals surface area contributed by atoms with Crippen molar-refractivity contribution in [2.75, 3.05) is 5.32 Å². The highest BCUT2D eigenvalue weighted by molar-refractivity contribution is 5.93. The molecule has 1 aromatic rings. The standard InChI is InChI=1S/C14H18N2O5/c1-8-4-3-5-9(2)12(8)16-14(21)15-10(13(19)20)6-7-11(17)18/h3-5,10H,6-7H2,1-2H3,(H,17,18)(H,19,20)(H2,15,16,21). The molecule has 0 saturated carbocycles. The van der Waals surface area contributed by atoms with Gasteiger partial charge in [-0.1, -0.05) is 18.2 Å². The van der Waals surface area contributed by atoms with Gasteiger partial charge < -0.3 is 20.8 Å². The number of carbonyl (C=O) groups is 3. The smallest absolute Gasteiger partial charge is 0.326 e. The zero-order valence-electron chi connectivity index (χ0n) is 11.8. The number of carboxylic acids is 2. The molecule has 0 saturated heterocycles. The number of hydrogen-bond acceptors (Lipinski definition) is 3. The summed E-state index contributed by atoms with van der Waals surface area (Å²) >= 11 is 0. The summed E-state index contributed by atoms with van der Waals surface area (Å²) in [5, 5.41) is 22.4. The second-order valence-corrected chi connectivity index (χ2v) is 4.69. The third kappa shape index (κ3) is 5.13. The van der Waals surface area contributed by atoms with E-state index >= 15 is 0 Å². The van der Waals surface area contributed by atoms with E-state index in [4.69, 9.17) is 10.2 Å². The fourth-order valence-electron chi connectivity index (χ4n) is 1.84. The molecule has 1 unspecified atom stereocenters. The lowest BCUT2D eigenvalue weighted by Gasteiger charge is -2.16. The van der Waals surface area contributed by atoms with E-state index in [1.54, 1.807) is 0 Å². The number of anilines is 1. The van der Waals surface area contributed by atoms with E-state index in [0.29, 0.717) is 5.69 Å². The molecule has 0 heterocycles. The molecule has 0 aliphatic heterocycles. The van der Waals surface area contributed by atoms with Crippen LogP contribution in [0.1, 0.15) is 24.0 Å². The molecule has 4 N–H and O–H groups in total. The lowest BCUT2D eigenvalue weighted by Crippen LogP contribution is -2.43. The Balaban J connectivity index is 2.70. The summed E-state index contributed by atoms with van der Waals surface area (Å²) in [5.74, 6) is -2.38. The molecular weight excluding hydrogens is 276 g/mol. The zero-order chi connectivity index (χ0) is 16.0. The van der Waals surface area contributed by atoms with Crippen molar-refractivity contribution in [3.8, 4) is 0 Å². The van der Waals surface area contributed by atoms with E-state index < -0.39 is 24.0 Å². The molecule has 1 aromatic carbocycles. The number of urea groups is 1. The van der Waals surface area contributed by atoms with Crippen molar-refractivity contribution in [1.82, 2.24) is 5.32 Å². The molecular formula is C14H18N2O5. The predicted octanol–water partition coefficient (Wildman–Crippen LogP) is 1.74. The Morgan fingerprint density at radius 2 is 1.71 bits per heavy atom. The van der Waals surface area contributed by atoms with Crippen LogP contribution in [0.5, 0.6) is 0 Å². The number of hydrogen-bond donors (Lipinski definition) is 4. The van der Waals surface area contributed by atoms with Crippen molar-refractivity contribution in [3.05, 3.63) is 29.3 Å². The largest absolute Gasteiger partial charge is 0.481 e. The first-order chi connectivity index (χ1) is 9.81. The first kappa shape index (κ1) is 16.5. The summed E-state index contributed by atoms with van der Waals surface area (Å²) in [5.41, 5.74) is 2.31. The number of rotatable bonds is 6. The molecule has 1 atom stereocenters. The molecule has 0 spiro atoms. The number of nitrogens with one attached hydrogen (secondary N) is 2. The van der Waals surface area contributed by atoms with Crippen LogP contribution in [0.3, 0.4) is 0 Å². The summed E-state index contributed by atoms with van der Waals surface area (Å²) in [6.07, 6.45) is -0.508. The molecule has 0 bridgehead atoms. The highest BCUT2D eigenvalue weighted by Crippen LogP contribution is 2.19. The first-order valence-electron chi connectivity index (χ1n) is 6.39. The second-order valence-electron chi connectivity index (χ2n) is 4.69. The van der Waals surface area contributed by atoms with Gasteiger partial charge in [0.1, 0.15) is 6.04 Å². The molecule has 0 aliphatic rings. The Bertz CT molecular complexity index is 536. The van der Waals surface area contributed by atoms with E-state index in [1.165, 1.54) is 0 Å². The van der Waals surface area contributed by atoms with E-state index in [1.807, 2.05) is 32.0 Å². The van der Waals surface area contributed by atoms with Crippen LogP contribution in [0.15, 0.2) is 18.2 Å². The molecule has 1 rings (SSSR count). The van der Waals surface area contributed by atoms with E-state index in [-0.39, 0.29) is 12.8 Å². The summed E-state index contributed by atoms with van der Waals surface area (Å²) in [6.45, 7) is 3.64. The third-order valence-electron chi connectivity index (χ3n) is 2.97. The van der Waals surface area contributed by atoms with Gasteiger partial charge in [-0.3, -0.25) is 4.79 Å². The summed E-state index contributed by atoms with van der Waals surface area (Å²) in [6, 6.07) is 3.57. The van der Waals surface area contributed by atoms with Gasteiger partial charge in [-0.25, -0.2) is 9.59 Å². The molecule has 0 fully saturated rings. The van der Waals surface area contributed by atoms with Crippen molar-refractivity contribution in [3.63, 3.8) is 0 Å². The Labute approximate surface area is 122 Å². The lowest BCUT2D eigenvalue weighted by atomic mass is 10.1. The predicted molar refractivity (Wildman–Crippen MR) is 76.4 cm³/mol. The molecule has 2 amide bonds. The minimum Gasteiger partial charge on any atom is -0.481 e. The van der Waals surface area contributed by atoms with Gasteiger partial charge >= 0.3 is 18.0 Å². The Morgan fingerprint density at radius 3 is 2.19 bits per heavy atom. The SMILES string of the molecule is Cc1cccc(C)c1NC(=O)NC(CCC(=O)O)C(=O)O. The van der Waals surface area contributed by atoms with E-state index in [2.05, 4.69) is 10.6 Å². The van der Waals surface area contributed by atoms with Gasteiger partial charge in [-0.05, 0) is 31.4 Å². The second kappa shape index (κ2) is 7.28. The van der Waals surface area contributed by atoms with Crippen molar-refractivity contribution in [2.24, 2.45) is 0 Å². The van der Waals surface area contributed by atoms with E-state index in [9.17, 15) is 14.4 Å². The fraction of sp³-hybridized carbons (Fsp3) is 0.357. The van der Waals surface area contributed by atoms with E-state index in [0.717, 1.165) is 11.1 Å². The summed E-state index contributed by atoms with van der Waals surface area (Å²) in [7, 11) is 0. The van der Waals surface area contributed by atoms with Gasteiger partial charge in [-0.2, -0.15) is 0 Å². The van der Waals surface area contributed by atoms with Crippen molar-refractivity contribution in [2.45, 2.75) is 32.7 Å². The average molecular weight is 294 g/mol. The number of aliphatic carboxylic acids is 2. The number of benzene rings is 1.